The van der Waals surface area contributed by atoms with Gasteiger partial charge >= 0.3 is 0 Å². The number of alkyl halides is 2. The number of halogens is 2. The Kier molecular flexibility index (Phi) is 7.14. The molecule has 0 bridgehead atoms. The Labute approximate surface area is 79.9 Å². The van der Waals surface area contributed by atoms with E-state index in [-0.39, 0.29) is 0 Å². The third kappa shape index (κ3) is 6.94. The number of hydrogen-bond donors (Lipinski definition) is 1. The molecule has 0 aromatic rings. The van der Waals surface area contributed by atoms with Crippen LogP contribution in [0.2, 0.25) is 0 Å². The van der Waals surface area contributed by atoms with Gasteiger partial charge in [0.2, 0.25) is 0 Å². The molecule has 0 aliphatic heterocycles. The molecule has 0 aromatic heterocycles. The van der Waals surface area contributed by atoms with Crippen molar-refractivity contribution in [2.45, 2.75) is 52.5 Å². The van der Waals surface area contributed by atoms with E-state index in [1.807, 2.05) is 6.92 Å². The Morgan fingerprint density at radius 2 is 1.77 bits per heavy atom. The molecule has 0 fully saturated rings. The maximum atomic E-state index is 12.4. The fourth-order valence-corrected chi connectivity index (χ4v) is 1.16. The van der Waals surface area contributed by atoms with Crippen LogP contribution in [0, 0.1) is 5.92 Å². The molecule has 1 nitrogen and oxygen atoms in total. The van der Waals surface area contributed by atoms with E-state index in [4.69, 9.17) is 0 Å². The maximum Gasteiger partial charge on any atom is 0.253 e. The topological polar surface area (TPSA) is 12.0 Å². The summed E-state index contributed by atoms with van der Waals surface area (Å²) in [6.07, 6.45) is 0.122. The van der Waals surface area contributed by atoms with Gasteiger partial charge in [-0.2, -0.15) is 0 Å². The van der Waals surface area contributed by atoms with Crippen molar-refractivity contribution in [2.24, 2.45) is 5.92 Å². The van der Waals surface area contributed by atoms with E-state index in [2.05, 4.69) is 19.2 Å². The third-order valence-corrected chi connectivity index (χ3v) is 2.02. The first-order valence-electron chi connectivity index (χ1n) is 5.09. The molecule has 0 radical (unpaired) electrons. The van der Waals surface area contributed by atoms with Crippen molar-refractivity contribution in [1.82, 2.24) is 5.32 Å². The van der Waals surface area contributed by atoms with E-state index < -0.39 is 12.5 Å². The molecule has 0 aliphatic rings. The van der Waals surface area contributed by atoms with Gasteiger partial charge in [-0.05, 0) is 31.7 Å². The van der Waals surface area contributed by atoms with Crippen molar-refractivity contribution in [3.8, 4) is 0 Å². The molecule has 13 heavy (non-hydrogen) atoms. The maximum absolute atomic E-state index is 12.4. The lowest BCUT2D eigenvalue weighted by atomic mass is 10.0. The summed E-state index contributed by atoms with van der Waals surface area (Å²) in [5.74, 6) is 0.504. The van der Waals surface area contributed by atoms with E-state index in [1.54, 1.807) is 0 Å². The first-order valence-corrected chi connectivity index (χ1v) is 5.09. The van der Waals surface area contributed by atoms with Gasteiger partial charge in [0.1, 0.15) is 0 Å². The van der Waals surface area contributed by atoms with Crippen LogP contribution in [0.4, 0.5) is 8.78 Å². The standard InChI is InChI=1S/C10H21F2N/c1-4-7-13-9(10(11)12)6-5-8(2)3/h8-10,13H,4-7H2,1-3H3. The highest BCUT2D eigenvalue weighted by Crippen LogP contribution is 2.12. The number of hydrogen-bond acceptors (Lipinski definition) is 1. The van der Waals surface area contributed by atoms with E-state index >= 15 is 0 Å². The SMILES string of the molecule is CCCNC(CCC(C)C)C(F)F. The smallest absolute Gasteiger partial charge is 0.253 e. The fraction of sp³-hybridized carbons (Fsp3) is 1.00. The summed E-state index contributed by atoms with van der Waals surface area (Å²) in [4.78, 5) is 0. The van der Waals surface area contributed by atoms with E-state index in [1.165, 1.54) is 0 Å². The van der Waals surface area contributed by atoms with Crippen LogP contribution in [0.25, 0.3) is 0 Å². The van der Waals surface area contributed by atoms with Crippen molar-refractivity contribution in [1.29, 1.82) is 0 Å². The second-order valence-electron chi connectivity index (χ2n) is 3.87. The molecule has 1 N–H and O–H groups in total. The number of rotatable bonds is 7. The summed E-state index contributed by atoms with van der Waals surface area (Å²) < 4.78 is 24.8. The summed E-state index contributed by atoms with van der Waals surface area (Å²) >= 11 is 0. The summed E-state index contributed by atoms with van der Waals surface area (Å²) in [6.45, 7) is 6.79. The average Bonchev–Trinajstić information content (AvgIpc) is 2.03. The van der Waals surface area contributed by atoms with Gasteiger partial charge in [0.15, 0.2) is 0 Å². The minimum atomic E-state index is -2.23. The second kappa shape index (κ2) is 7.25. The molecule has 0 rings (SSSR count). The second-order valence-corrected chi connectivity index (χ2v) is 3.87. The fourth-order valence-electron chi connectivity index (χ4n) is 1.16. The zero-order valence-corrected chi connectivity index (χ0v) is 8.82. The summed E-state index contributed by atoms with van der Waals surface area (Å²) in [6, 6.07) is -0.609. The zero-order valence-electron chi connectivity index (χ0n) is 8.82. The Balaban J connectivity index is 3.67. The lowest BCUT2D eigenvalue weighted by molar-refractivity contribution is 0.0915. The van der Waals surface area contributed by atoms with Gasteiger partial charge in [-0.25, -0.2) is 8.78 Å². The molecule has 80 valence electrons. The van der Waals surface area contributed by atoms with Gasteiger partial charge in [-0.15, -0.1) is 0 Å². The first-order chi connectivity index (χ1) is 6.07. The van der Waals surface area contributed by atoms with Crippen molar-refractivity contribution in [3.63, 3.8) is 0 Å². The zero-order chi connectivity index (χ0) is 10.3. The van der Waals surface area contributed by atoms with Crippen LogP contribution in [0.3, 0.4) is 0 Å². The first kappa shape index (κ1) is 12.8. The van der Waals surface area contributed by atoms with Crippen LogP contribution in [0.5, 0.6) is 0 Å². The molecule has 0 spiro atoms. The minimum absolute atomic E-state index is 0.504. The normalized spacial score (nSPS) is 14.1. The molecule has 0 saturated carbocycles. The summed E-state index contributed by atoms with van der Waals surface area (Å²) in [7, 11) is 0. The summed E-state index contributed by atoms with van der Waals surface area (Å²) in [5, 5.41) is 2.87. The van der Waals surface area contributed by atoms with Crippen molar-refractivity contribution in [2.75, 3.05) is 6.54 Å². The van der Waals surface area contributed by atoms with Crippen LogP contribution >= 0.6 is 0 Å². The predicted octanol–water partition coefficient (Wildman–Crippen LogP) is 3.06. The van der Waals surface area contributed by atoms with Gasteiger partial charge < -0.3 is 5.32 Å². The Bertz CT molecular complexity index is 115. The monoisotopic (exact) mass is 193 g/mol. The van der Waals surface area contributed by atoms with Gasteiger partial charge in [0.05, 0.1) is 6.04 Å². The molecule has 0 aliphatic carbocycles. The van der Waals surface area contributed by atoms with E-state index in [0.29, 0.717) is 18.9 Å². The van der Waals surface area contributed by atoms with Crippen LogP contribution in [0.15, 0.2) is 0 Å². The van der Waals surface area contributed by atoms with Crippen LogP contribution in [-0.2, 0) is 0 Å². The molecular formula is C10H21F2N. The molecule has 1 unspecified atom stereocenters. The van der Waals surface area contributed by atoms with Gasteiger partial charge in [0.25, 0.3) is 6.43 Å². The molecule has 0 saturated heterocycles. The number of nitrogens with one attached hydrogen (secondary N) is 1. The van der Waals surface area contributed by atoms with Gasteiger partial charge in [-0.3, -0.25) is 0 Å². The third-order valence-electron chi connectivity index (χ3n) is 2.02. The molecule has 3 heteroatoms. The van der Waals surface area contributed by atoms with Crippen LogP contribution < -0.4 is 5.32 Å². The Morgan fingerprint density at radius 1 is 1.15 bits per heavy atom. The minimum Gasteiger partial charge on any atom is -0.309 e. The quantitative estimate of drug-likeness (QED) is 0.655. The Hall–Kier alpha value is -0.180. The van der Waals surface area contributed by atoms with Crippen LogP contribution in [-0.4, -0.2) is 19.0 Å². The van der Waals surface area contributed by atoms with Crippen molar-refractivity contribution >= 4 is 0 Å². The lowest BCUT2D eigenvalue weighted by Crippen LogP contribution is -2.36. The van der Waals surface area contributed by atoms with E-state index in [9.17, 15) is 8.78 Å². The van der Waals surface area contributed by atoms with Gasteiger partial charge in [0, 0.05) is 0 Å². The molecule has 0 heterocycles. The van der Waals surface area contributed by atoms with E-state index in [0.717, 1.165) is 12.8 Å². The Morgan fingerprint density at radius 3 is 2.15 bits per heavy atom. The molecule has 0 aromatic carbocycles. The average molecular weight is 193 g/mol. The predicted molar refractivity (Wildman–Crippen MR) is 52.2 cm³/mol. The summed E-state index contributed by atoms with van der Waals surface area (Å²) in [5.41, 5.74) is 0. The highest BCUT2D eigenvalue weighted by molar-refractivity contribution is 4.69. The molecule has 1 atom stereocenters. The lowest BCUT2D eigenvalue weighted by Gasteiger charge is -2.18. The van der Waals surface area contributed by atoms with Gasteiger partial charge in [-0.1, -0.05) is 20.8 Å². The van der Waals surface area contributed by atoms with Crippen molar-refractivity contribution in [3.05, 3.63) is 0 Å². The van der Waals surface area contributed by atoms with Crippen molar-refractivity contribution < 1.29 is 8.78 Å². The highest BCUT2D eigenvalue weighted by Gasteiger charge is 2.18. The largest absolute Gasteiger partial charge is 0.309 e. The molecule has 0 amide bonds. The van der Waals surface area contributed by atoms with Crippen LogP contribution in [0.1, 0.15) is 40.0 Å². The molecular weight excluding hydrogens is 172 g/mol. The highest BCUT2D eigenvalue weighted by atomic mass is 19.3.